The molecule has 0 aromatic heterocycles. The van der Waals surface area contributed by atoms with Crippen molar-refractivity contribution in [3.63, 3.8) is 0 Å². The van der Waals surface area contributed by atoms with Gasteiger partial charge in [0.25, 0.3) is 0 Å². The molecule has 0 saturated carbocycles. The zero-order valence-corrected chi connectivity index (χ0v) is 17.5. The van der Waals surface area contributed by atoms with Gasteiger partial charge >= 0.3 is 0 Å². The van der Waals surface area contributed by atoms with Crippen molar-refractivity contribution in [3.8, 4) is 5.75 Å². The molecule has 7 heteroatoms. The summed E-state index contributed by atoms with van der Waals surface area (Å²) >= 11 is 0. The summed E-state index contributed by atoms with van der Waals surface area (Å²) < 4.78 is 0. The summed E-state index contributed by atoms with van der Waals surface area (Å²) in [6, 6.07) is 13.5. The van der Waals surface area contributed by atoms with Gasteiger partial charge in [-0.1, -0.05) is 37.3 Å². The first-order valence-electron chi connectivity index (χ1n) is 10.7. The van der Waals surface area contributed by atoms with Crippen LogP contribution in [0.3, 0.4) is 0 Å². The number of nitrogens with one attached hydrogen (secondary N) is 2. The first-order valence-corrected chi connectivity index (χ1v) is 10.7. The first kappa shape index (κ1) is 19.8. The van der Waals surface area contributed by atoms with Crippen molar-refractivity contribution in [1.82, 2.24) is 10.2 Å². The Morgan fingerprint density at radius 3 is 2.48 bits per heavy atom. The lowest BCUT2D eigenvalue weighted by atomic mass is 9.76. The third-order valence-electron chi connectivity index (χ3n) is 7.08. The molecular formula is C24H25N3O4. The van der Waals surface area contributed by atoms with Gasteiger partial charge in [0.2, 0.25) is 17.7 Å². The monoisotopic (exact) mass is 419 g/mol. The Morgan fingerprint density at radius 1 is 1.06 bits per heavy atom. The van der Waals surface area contributed by atoms with Gasteiger partial charge in [0.1, 0.15) is 11.3 Å². The van der Waals surface area contributed by atoms with E-state index in [1.54, 1.807) is 24.3 Å². The normalized spacial score (nSPS) is 29.9. The smallest absolute Gasteiger partial charge is 0.250 e. The maximum atomic E-state index is 13.6. The van der Waals surface area contributed by atoms with E-state index in [2.05, 4.69) is 10.6 Å². The Labute approximate surface area is 180 Å². The van der Waals surface area contributed by atoms with Gasteiger partial charge in [-0.25, -0.2) is 0 Å². The highest BCUT2D eigenvalue weighted by molar-refractivity contribution is 6.15. The molecule has 160 valence electrons. The topological polar surface area (TPSA) is 98.7 Å². The number of benzene rings is 2. The van der Waals surface area contributed by atoms with Crippen molar-refractivity contribution in [1.29, 1.82) is 0 Å². The molecule has 7 nitrogen and oxygen atoms in total. The Morgan fingerprint density at radius 2 is 1.77 bits per heavy atom. The summed E-state index contributed by atoms with van der Waals surface area (Å²) in [5, 5.41) is 15.9. The predicted molar refractivity (Wildman–Crippen MR) is 114 cm³/mol. The van der Waals surface area contributed by atoms with E-state index in [0.717, 1.165) is 11.1 Å². The second kappa shape index (κ2) is 6.92. The Bertz CT molecular complexity index is 1080. The molecule has 1 spiro atoms. The van der Waals surface area contributed by atoms with E-state index < -0.39 is 23.4 Å². The predicted octanol–water partition coefficient (Wildman–Crippen LogP) is 2.15. The van der Waals surface area contributed by atoms with E-state index >= 15 is 0 Å². The minimum Gasteiger partial charge on any atom is -0.508 e. The summed E-state index contributed by atoms with van der Waals surface area (Å²) in [6.07, 6.45) is 1.12. The maximum Gasteiger partial charge on any atom is 0.250 e. The molecule has 2 saturated heterocycles. The molecule has 5 atom stereocenters. The number of para-hydroxylation sites is 1. The first-order chi connectivity index (χ1) is 14.9. The molecule has 5 rings (SSSR count). The van der Waals surface area contributed by atoms with Crippen LogP contribution in [-0.4, -0.2) is 39.8 Å². The third kappa shape index (κ3) is 2.66. The molecule has 3 aliphatic heterocycles. The van der Waals surface area contributed by atoms with Crippen LogP contribution in [-0.2, 0) is 26.3 Å². The molecule has 3 heterocycles. The van der Waals surface area contributed by atoms with Crippen LogP contribution >= 0.6 is 0 Å². The number of carbonyl (C=O) groups is 3. The fraction of sp³-hybridized carbons (Fsp3) is 0.375. The molecule has 0 bridgehead atoms. The highest BCUT2D eigenvalue weighted by Crippen LogP contribution is 2.53. The summed E-state index contributed by atoms with van der Waals surface area (Å²) in [5.41, 5.74) is 1.04. The van der Waals surface area contributed by atoms with Crippen LogP contribution in [0.15, 0.2) is 48.5 Å². The number of phenolic OH excluding ortho intramolecular Hbond substituents is 1. The van der Waals surface area contributed by atoms with Crippen molar-refractivity contribution in [3.05, 3.63) is 59.7 Å². The standard InChI is InChI=1S/C24H25N3O4/c1-3-13(2)27-21(29)19-18(12-14-8-10-15(28)11-9-14)26-24(20(19)22(27)30)16-6-4-5-7-17(16)25-23(24)31/h4-11,13,18-20,26,28H,3,12H2,1-2H3,(H,25,31)/t13-,18-,19+,20-,24-/m0/s1. The molecule has 0 radical (unpaired) electrons. The number of phenols is 1. The molecule has 2 aromatic carbocycles. The van der Waals surface area contributed by atoms with Crippen LogP contribution in [0, 0.1) is 11.8 Å². The number of likely N-dealkylation sites (tertiary alicyclic amines) is 1. The molecule has 0 aliphatic carbocycles. The second-order valence-electron chi connectivity index (χ2n) is 8.74. The van der Waals surface area contributed by atoms with Gasteiger partial charge in [-0.15, -0.1) is 0 Å². The number of carbonyl (C=O) groups excluding carboxylic acids is 3. The van der Waals surface area contributed by atoms with Crippen LogP contribution in [0.5, 0.6) is 5.75 Å². The number of nitrogens with zero attached hydrogens (tertiary/aromatic N) is 1. The van der Waals surface area contributed by atoms with Gasteiger partial charge in [0, 0.05) is 23.3 Å². The van der Waals surface area contributed by atoms with Gasteiger partial charge in [0.05, 0.1) is 11.8 Å². The minimum atomic E-state index is -1.27. The zero-order valence-electron chi connectivity index (χ0n) is 17.5. The van der Waals surface area contributed by atoms with Gasteiger partial charge in [-0.2, -0.15) is 0 Å². The number of hydrogen-bond donors (Lipinski definition) is 3. The largest absolute Gasteiger partial charge is 0.508 e. The van der Waals surface area contributed by atoms with Crippen LogP contribution < -0.4 is 10.6 Å². The molecule has 2 fully saturated rings. The lowest BCUT2D eigenvalue weighted by Gasteiger charge is -2.31. The summed E-state index contributed by atoms with van der Waals surface area (Å²) in [7, 11) is 0. The number of fused-ring (bicyclic) bond motifs is 4. The molecule has 3 aliphatic rings. The zero-order chi connectivity index (χ0) is 21.9. The van der Waals surface area contributed by atoms with Crippen molar-refractivity contribution >= 4 is 23.4 Å². The summed E-state index contributed by atoms with van der Waals surface area (Å²) in [6.45, 7) is 3.81. The second-order valence-corrected chi connectivity index (χ2v) is 8.74. The lowest BCUT2D eigenvalue weighted by molar-refractivity contribution is -0.145. The van der Waals surface area contributed by atoms with Gasteiger partial charge in [-0.05, 0) is 43.5 Å². The Kier molecular flexibility index (Phi) is 4.41. The maximum absolute atomic E-state index is 13.6. The highest BCUT2D eigenvalue weighted by atomic mass is 16.3. The Hall–Kier alpha value is -3.19. The van der Waals surface area contributed by atoms with Crippen LogP contribution in [0.2, 0.25) is 0 Å². The number of amides is 3. The van der Waals surface area contributed by atoms with Crippen LogP contribution in [0.25, 0.3) is 0 Å². The minimum absolute atomic E-state index is 0.164. The average Bonchev–Trinajstić information content (AvgIpc) is 3.34. The van der Waals surface area contributed by atoms with Crippen LogP contribution in [0.4, 0.5) is 5.69 Å². The fourth-order valence-electron chi connectivity index (χ4n) is 5.46. The number of imide groups is 1. The molecular weight excluding hydrogens is 394 g/mol. The molecule has 3 amide bonds. The molecule has 3 N–H and O–H groups in total. The van der Waals surface area contributed by atoms with Crippen molar-refractivity contribution in [2.75, 3.05) is 5.32 Å². The van der Waals surface area contributed by atoms with E-state index in [0.29, 0.717) is 18.5 Å². The average molecular weight is 419 g/mol. The quantitative estimate of drug-likeness (QED) is 0.660. The van der Waals surface area contributed by atoms with E-state index in [-0.39, 0.29) is 29.5 Å². The van der Waals surface area contributed by atoms with Gasteiger partial charge < -0.3 is 10.4 Å². The summed E-state index contributed by atoms with van der Waals surface area (Å²) in [4.78, 5) is 41.8. The molecule has 31 heavy (non-hydrogen) atoms. The number of rotatable bonds is 4. The fourth-order valence-corrected chi connectivity index (χ4v) is 5.46. The van der Waals surface area contributed by atoms with E-state index in [9.17, 15) is 19.5 Å². The van der Waals surface area contributed by atoms with Crippen molar-refractivity contribution in [2.45, 2.75) is 44.3 Å². The number of hydrogen-bond acceptors (Lipinski definition) is 5. The molecule has 2 aromatic rings. The third-order valence-corrected chi connectivity index (χ3v) is 7.08. The highest BCUT2D eigenvalue weighted by Gasteiger charge is 2.70. The van der Waals surface area contributed by atoms with E-state index in [4.69, 9.17) is 0 Å². The van der Waals surface area contributed by atoms with Crippen molar-refractivity contribution in [2.24, 2.45) is 11.8 Å². The SMILES string of the molecule is CC[C@H](C)N1C(=O)[C@@H]2[C@H](Cc3ccc(O)cc3)N[C@]3(C(=O)Nc4ccccc43)[C@@H]2C1=O. The Balaban J connectivity index is 1.62. The summed E-state index contributed by atoms with van der Waals surface area (Å²) in [5.74, 6) is -2.04. The van der Waals surface area contributed by atoms with Gasteiger partial charge in [0.15, 0.2) is 0 Å². The number of aromatic hydroxyl groups is 1. The molecule has 0 unspecified atom stereocenters. The lowest BCUT2D eigenvalue weighted by Crippen LogP contribution is -2.54. The van der Waals surface area contributed by atoms with Crippen LogP contribution in [0.1, 0.15) is 31.4 Å². The van der Waals surface area contributed by atoms with E-state index in [1.165, 1.54) is 4.90 Å². The van der Waals surface area contributed by atoms with Gasteiger partial charge in [-0.3, -0.25) is 24.6 Å². The van der Waals surface area contributed by atoms with E-state index in [1.807, 2.05) is 38.1 Å². The number of anilines is 1. The van der Waals surface area contributed by atoms with Crippen molar-refractivity contribution < 1.29 is 19.5 Å².